The van der Waals surface area contributed by atoms with Crippen LogP contribution in [0.15, 0.2) is 24.3 Å². The lowest BCUT2D eigenvalue weighted by molar-refractivity contribution is -0.129. The molecule has 1 unspecified atom stereocenters. The molecule has 124 valence electrons. The summed E-state index contributed by atoms with van der Waals surface area (Å²) in [7, 11) is 0. The van der Waals surface area contributed by atoms with Gasteiger partial charge in [-0.1, -0.05) is 24.3 Å². The second kappa shape index (κ2) is 7.13. The first-order chi connectivity index (χ1) is 11.2. The maximum atomic E-state index is 12.4. The van der Waals surface area contributed by atoms with Crippen LogP contribution in [0.25, 0.3) is 0 Å². The van der Waals surface area contributed by atoms with Crippen molar-refractivity contribution in [2.24, 2.45) is 5.92 Å². The lowest BCUT2D eigenvalue weighted by Crippen LogP contribution is -2.33. The van der Waals surface area contributed by atoms with Crippen molar-refractivity contribution < 1.29 is 14.3 Å². The van der Waals surface area contributed by atoms with Crippen molar-refractivity contribution in [3.8, 4) is 0 Å². The summed E-state index contributed by atoms with van der Waals surface area (Å²) in [6, 6.07) is 8.36. The zero-order chi connectivity index (χ0) is 16.2. The Morgan fingerprint density at radius 2 is 2.04 bits per heavy atom. The number of nitrogens with one attached hydrogen (secondary N) is 1. The SMILES string of the molecule is CCOCc1ccccc1CNC(=O)C1CC(=O)N(C2CC2)C1. The molecule has 3 rings (SSSR count). The van der Waals surface area contributed by atoms with E-state index < -0.39 is 0 Å². The molecule has 2 amide bonds. The molecule has 0 radical (unpaired) electrons. The Morgan fingerprint density at radius 3 is 2.74 bits per heavy atom. The summed E-state index contributed by atoms with van der Waals surface area (Å²) in [5, 5.41) is 2.98. The lowest BCUT2D eigenvalue weighted by Gasteiger charge is -2.16. The number of amides is 2. The third-order valence-corrected chi connectivity index (χ3v) is 4.55. The first-order valence-electron chi connectivity index (χ1n) is 8.40. The van der Waals surface area contributed by atoms with Crippen LogP contribution in [0.2, 0.25) is 0 Å². The number of hydrogen-bond acceptors (Lipinski definition) is 3. The number of ether oxygens (including phenoxy) is 1. The largest absolute Gasteiger partial charge is 0.377 e. The highest BCUT2D eigenvalue weighted by Crippen LogP contribution is 2.32. The molecule has 1 aliphatic heterocycles. The molecule has 5 nitrogen and oxygen atoms in total. The Balaban J connectivity index is 1.54. The molecule has 2 aliphatic rings. The number of likely N-dealkylation sites (tertiary alicyclic amines) is 1. The molecule has 1 N–H and O–H groups in total. The van der Waals surface area contributed by atoms with E-state index in [2.05, 4.69) is 5.32 Å². The molecule has 5 heteroatoms. The van der Waals surface area contributed by atoms with Crippen LogP contribution in [0.3, 0.4) is 0 Å². The first-order valence-corrected chi connectivity index (χ1v) is 8.40. The van der Waals surface area contributed by atoms with Crippen LogP contribution in [0.1, 0.15) is 37.3 Å². The number of hydrogen-bond donors (Lipinski definition) is 1. The molecule has 1 atom stereocenters. The van der Waals surface area contributed by atoms with Crippen LogP contribution in [0.5, 0.6) is 0 Å². The van der Waals surface area contributed by atoms with E-state index in [4.69, 9.17) is 4.74 Å². The number of nitrogens with zero attached hydrogens (tertiary/aromatic N) is 1. The standard InChI is InChI=1S/C18H24N2O3/c1-2-23-12-14-6-4-3-5-13(14)10-19-18(22)15-9-17(21)20(11-15)16-7-8-16/h3-6,15-16H,2,7-12H2,1H3,(H,19,22). The summed E-state index contributed by atoms with van der Waals surface area (Å²) < 4.78 is 5.46. The maximum absolute atomic E-state index is 12.4. The van der Waals surface area contributed by atoms with Gasteiger partial charge in [0, 0.05) is 32.2 Å². The van der Waals surface area contributed by atoms with E-state index in [1.165, 1.54) is 0 Å². The summed E-state index contributed by atoms with van der Waals surface area (Å²) in [5.74, 6) is -0.0979. The Kier molecular flexibility index (Phi) is 4.96. The highest BCUT2D eigenvalue weighted by atomic mass is 16.5. The van der Waals surface area contributed by atoms with Crippen LogP contribution in [0, 0.1) is 5.92 Å². The van der Waals surface area contributed by atoms with Crippen LogP contribution in [0.4, 0.5) is 0 Å². The van der Waals surface area contributed by atoms with Gasteiger partial charge in [-0.15, -0.1) is 0 Å². The predicted octanol–water partition coefficient (Wildman–Crippen LogP) is 1.85. The fourth-order valence-electron chi connectivity index (χ4n) is 3.06. The Bertz CT molecular complexity index is 583. The molecular weight excluding hydrogens is 292 g/mol. The summed E-state index contributed by atoms with van der Waals surface area (Å²) in [4.78, 5) is 26.2. The van der Waals surface area contributed by atoms with E-state index in [9.17, 15) is 9.59 Å². The minimum atomic E-state index is -0.206. The molecule has 0 bridgehead atoms. The van der Waals surface area contributed by atoms with Gasteiger partial charge in [-0.05, 0) is 30.9 Å². The van der Waals surface area contributed by atoms with Gasteiger partial charge in [0.1, 0.15) is 0 Å². The molecule has 1 aliphatic carbocycles. The normalized spacial score (nSPS) is 20.8. The summed E-state index contributed by atoms with van der Waals surface area (Å²) >= 11 is 0. The Labute approximate surface area is 137 Å². The molecular formula is C18H24N2O3. The van der Waals surface area contributed by atoms with Gasteiger partial charge in [-0.3, -0.25) is 9.59 Å². The van der Waals surface area contributed by atoms with Gasteiger partial charge in [0.25, 0.3) is 0 Å². The van der Waals surface area contributed by atoms with Crippen LogP contribution < -0.4 is 5.32 Å². The van der Waals surface area contributed by atoms with Crippen molar-refractivity contribution in [2.45, 2.75) is 45.4 Å². The fourth-order valence-corrected chi connectivity index (χ4v) is 3.06. The van der Waals surface area contributed by atoms with Crippen LogP contribution in [-0.2, 0) is 27.5 Å². The second-order valence-electron chi connectivity index (χ2n) is 6.30. The number of carbonyl (C=O) groups excluding carboxylic acids is 2. The molecule has 2 fully saturated rings. The number of carbonyl (C=O) groups is 2. The van der Waals surface area contributed by atoms with Crippen molar-refractivity contribution in [1.29, 1.82) is 0 Å². The van der Waals surface area contributed by atoms with Crippen molar-refractivity contribution >= 4 is 11.8 Å². The zero-order valence-electron chi connectivity index (χ0n) is 13.6. The van der Waals surface area contributed by atoms with Gasteiger partial charge in [0.15, 0.2) is 0 Å². The van der Waals surface area contributed by atoms with Gasteiger partial charge in [-0.25, -0.2) is 0 Å². The van der Waals surface area contributed by atoms with E-state index >= 15 is 0 Å². The minimum absolute atomic E-state index is 0.0206. The topological polar surface area (TPSA) is 58.6 Å². The zero-order valence-corrected chi connectivity index (χ0v) is 13.6. The summed E-state index contributed by atoms with van der Waals surface area (Å²) in [6.07, 6.45) is 2.53. The molecule has 1 saturated carbocycles. The average Bonchev–Trinajstić information content (AvgIpc) is 3.33. The number of rotatable bonds is 7. The summed E-state index contributed by atoms with van der Waals surface area (Å²) in [5.41, 5.74) is 2.16. The van der Waals surface area contributed by atoms with Gasteiger partial charge >= 0.3 is 0 Å². The molecule has 0 aromatic heterocycles. The van der Waals surface area contributed by atoms with Gasteiger partial charge < -0.3 is 15.0 Å². The summed E-state index contributed by atoms with van der Waals surface area (Å²) in [6.45, 7) is 4.25. The predicted molar refractivity (Wildman–Crippen MR) is 86.5 cm³/mol. The van der Waals surface area contributed by atoms with Crippen LogP contribution >= 0.6 is 0 Å². The van der Waals surface area contributed by atoms with Crippen LogP contribution in [-0.4, -0.2) is 35.9 Å². The smallest absolute Gasteiger partial charge is 0.225 e. The van der Waals surface area contributed by atoms with E-state index in [0.29, 0.717) is 38.8 Å². The van der Waals surface area contributed by atoms with Crippen molar-refractivity contribution in [1.82, 2.24) is 10.2 Å². The maximum Gasteiger partial charge on any atom is 0.225 e. The first kappa shape index (κ1) is 16.0. The highest BCUT2D eigenvalue weighted by molar-refractivity contribution is 5.89. The molecule has 1 aromatic rings. The molecule has 23 heavy (non-hydrogen) atoms. The molecule has 1 saturated heterocycles. The Hall–Kier alpha value is -1.88. The fraction of sp³-hybridized carbons (Fsp3) is 0.556. The quantitative estimate of drug-likeness (QED) is 0.835. The monoisotopic (exact) mass is 316 g/mol. The minimum Gasteiger partial charge on any atom is -0.377 e. The average molecular weight is 316 g/mol. The molecule has 1 aromatic carbocycles. The van der Waals surface area contributed by atoms with Gasteiger partial charge in [0.2, 0.25) is 11.8 Å². The van der Waals surface area contributed by atoms with E-state index in [1.807, 2.05) is 36.1 Å². The van der Waals surface area contributed by atoms with Crippen molar-refractivity contribution in [3.05, 3.63) is 35.4 Å². The lowest BCUT2D eigenvalue weighted by atomic mass is 10.1. The van der Waals surface area contributed by atoms with E-state index in [0.717, 1.165) is 24.0 Å². The molecule has 1 heterocycles. The highest BCUT2D eigenvalue weighted by Gasteiger charge is 2.41. The van der Waals surface area contributed by atoms with Gasteiger partial charge in [0.05, 0.1) is 12.5 Å². The molecule has 0 spiro atoms. The van der Waals surface area contributed by atoms with Crippen molar-refractivity contribution in [2.75, 3.05) is 13.2 Å². The van der Waals surface area contributed by atoms with Crippen molar-refractivity contribution in [3.63, 3.8) is 0 Å². The third-order valence-electron chi connectivity index (χ3n) is 4.55. The van der Waals surface area contributed by atoms with E-state index in [-0.39, 0.29) is 17.7 Å². The van der Waals surface area contributed by atoms with E-state index in [1.54, 1.807) is 0 Å². The second-order valence-corrected chi connectivity index (χ2v) is 6.30. The van der Waals surface area contributed by atoms with Gasteiger partial charge in [-0.2, -0.15) is 0 Å². The number of benzene rings is 1. The Morgan fingerprint density at radius 1 is 1.30 bits per heavy atom. The third kappa shape index (κ3) is 3.91.